The second kappa shape index (κ2) is 4.98. The highest BCUT2D eigenvalue weighted by Crippen LogP contribution is 2.36. The SMILES string of the molecule is Cc1cccnc1CN1CC(C)NCC1C1CC1. The minimum atomic E-state index is 0.601. The van der Waals surface area contributed by atoms with Crippen LogP contribution in [0.5, 0.6) is 0 Å². The Bertz CT molecular complexity index is 414. The average molecular weight is 245 g/mol. The lowest BCUT2D eigenvalue weighted by Gasteiger charge is -2.39. The van der Waals surface area contributed by atoms with Gasteiger partial charge in [0.05, 0.1) is 5.69 Å². The van der Waals surface area contributed by atoms with Gasteiger partial charge < -0.3 is 5.32 Å². The molecule has 2 aliphatic rings. The van der Waals surface area contributed by atoms with Crippen LogP contribution in [0.25, 0.3) is 0 Å². The second-order valence-corrected chi connectivity index (χ2v) is 5.91. The molecule has 3 heteroatoms. The van der Waals surface area contributed by atoms with E-state index >= 15 is 0 Å². The minimum Gasteiger partial charge on any atom is -0.311 e. The molecule has 2 atom stereocenters. The molecule has 3 nitrogen and oxygen atoms in total. The summed E-state index contributed by atoms with van der Waals surface area (Å²) in [6.07, 6.45) is 4.75. The zero-order valence-electron chi connectivity index (χ0n) is 11.4. The maximum absolute atomic E-state index is 4.55. The molecule has 0 spiro atoms. The highest BCUT2D eigenvalue weighted by atomic mass is 15.2. The monoisotopic (exact) mass is 245 g/mol. The van der Waals surface area contributed by atoms with Gasteiger partial charge in [0.2, 0.25) is 0 Å². The van der Waals surface area contributed by atoms with Gasteiger partial charge in [0.1, 0.15) is 0 Å². The van der Waals surface area contributed by atoms with Crippen LogP contribution in [0, 0.1) is 12.8 Å². The van der Waals surface area contributed by atoms with Gasteiger partial charge >= 0.3 is 0 Å². The smallest absolute Gasteiger partial charge is 0.0573 e. The first-order valence-electron chi connectivity index (χ1n) is 7.12. The summed E-state index contributed by atoms with van der Waals surface area (Å²) in [5.74, 6) is 0.925. The normalized spacial score (nSPS) is 29.4. The van der Waals surface area contributed by atoms with E-state index in [9.17, 15) is 0 Å². The molecule has 0 bridgehead atoms. The Balaban J connectivity index is 1.74. The zero-order chi connectivity index (χ0) is 12.5. The number of aromatic nitrogens is 1. The molecule has 2 heterocycles. The Kier molecular flexibility index (Phi) is 3.35. The Labute approximate surface area is 110 Å². The number of piperazine rings is 1. The molecule has 1 aromatic heterocycles. The molecule has 2 unspecified atom stereocenters. The van der Waals surface area contributed by atoms with Crippen molar-refractivity contribution in [2.45, 2.75) is 45.3 Å². The van der Waals surface area contributed by atoms with Crippen molar-refractivity contribution in [1.29, 1.82) is 0 Å². The van der Waals surface area contributed by atoms with Gasteiger partial charge in [-0.25, -0.2) is 0 Å². The molecule has 1 aliphatic carbocycles. The van der Waals surface area contributed by atoms with Crippen LogP contribution in [0.15, 0.2) is 18.3 Å². The van der Waals surface area contributed by atoms with Crippen molar-refractivity contribution >= 4 is 0 Å². The van der Waals surface area contributed by atoms with Gasteiger partial charge in [-0.1, -0.05) is 6.07 Å². The zero-order valence-corrected chi connectivity index (χ0v) is 11.4. The van der Waals surface area contributed by atoms with Crippen molar-refractivity contribution in [1.82, 2.24) is 15.2 Å². The molecule has 0 aromatic carbocycles. The van der Waals surface area contributed by atoms with Crippen LogP contribution in [0.4, 0.5) is 0 Å². The first-order chi connectivity index (χ1) is 8.74. The first kappa shape index (κ1) is 12.1. The Hall–Kier alpha value is -0.930. The molecule has 1 aliphatic heterocycles. The third-order valence-electron chi connectivity index (χ3n) is 4.29. The number of aryl methyl sites for hydroxylation is 1. The molecule has 3 rings (SSSR count). The first-order valence-corrected chi connectivity index (χ1v) is 7.12. The van der Waals surface area contributed by atoms with Crippen LogP contribution in [0.3, 0.4) is 0 Å². The molecule has 18 heavy (non-hydrogen) atoms. The van der Waals surface area contributed by atoms with Gasteiger partial charge in [0.15, 0.2) is 0 Å². The summed E-state index contributed by atoms with van der Waals surface area (Å²) < 4.78 is 0. The van der Waals surface area contributed by atoms with E-state index in [1.54, 1.807) is 0 Å². The maximum Gasteiger partial charge on any atom is 0.0573 e. The lowest BCUT2D eigenvalue weighted by atomic mass is 10.0. The predicted molar refractivity (Wildman–Crippen MR) is 73.4 cm³/mol. The summed E-state index contributed by atoms with van der Waals surface area (Å²) >= 11 is 0. The fourth-order valence-corrected chi connectivity index (χ4v) is 3.01. The Morgan fingerprint density at radius 3 is 3.00 bits per heavy atom. The summed E-state index contributed by atoms with van der Waals surface area (Å²) in [5, 5.41) is 3.62. The van der Waals surface area contributed by atoms with E-state index < -0.39 is 0 Å². The van der Waals surface area contributed by atoms with Crippen LogP contribution < -0.4 is 5.32 Å². The van der Waals surface area contributed by atoms with Crippen molar-refractivity contribution in [3.63, 3.8) is 0 Å². The average Bonchev–Trinajstić information content (AvgIpc) is 3.16. The molecule has 0 radical (unpaired) electrons. The molecule has 0 amide bonds. The number of nitrogens with zero attached hydrogens (tertiary/aromatic N) is 2. The summed E-state index contributed by atoms with van der Waals surface area (Å²) in [5.41, 5.74) is 2.57. The standard InChI is InChI=1S/C15H23N3/c1-11-4-3-7-16-14(11)10-18-9-12(2)17-8-15(18)13-5-6-13/h3-4,7,12-13,15,17H,5-6,8-10H2,1-2H3. The van der Waals surface area contributed by atoms with Crippen LogP contribution in [-0.4, -0.2) is 35.1 Å². The van der Waals surface area contributed by atoms with Crippen molar-refractivity contribution in [3.8, 4) is 0 Å². The number of hydrogen-bond acceptors (Lipinski definition) is 3. The molecular formula is C15H23N3. The van der Waals surface area contributed by atoms with E-state index in [0.717, 1.165) is 31.6 Å². The van der Waals surface area contributed by atoms with Crippen LogP contribution >= 0.6 is 0 Å². The van der Waals surface area contributed by atoms with E-state index in [0.29, 0.717) is 6.04 Å². The molecular weight excluding hydrogens is 222 g/mol. The van der Waals surface area contributed by atoms with Gasteiger partial charge in [-0.2, -0.15) is 0 Å². The van der Waals surface area contributed by atoms with Crippen LogP contribution in [0.1, 0.15) is 31.0 Å². The van der Waals surface area contributed by atoms with Gasteiger partial charge in [0.25, 0.3) is 0 Å². The fourth-order valence-electron chi connectivity index (χ4n) is 3.01. The Morgan fingerprint density at radius 2 is 2.28 bits per heavy atom. The van der Waals surface area contributed by atoms with E-state index in [4.69, 9.17) is 0 Å². The van der Waals surface area contributed by atoms with E-state index in [1.165, 1.54) is 24.1 Å². The summed E-state index contributed by atoms with van der Waals surface area (Å²) in [6, 6.07) is 5.52. The highest BCUT2D eigenvalue weighted by Gasteiger charge is 2.38. The molecule has 1 saturated carbocycles. The molecule has 98 valence electrons. The molecule has 1 aromatic rings. The predicted octanol–water partition coefficient (Wildman–Crippen LogP) is 1.96. The maximum atomic E-state index is 4.55. The quantitative estimate of drug-likeness (QED) is 0.882. The Morgan fingerprint density at radius 1 is 1.44 bits per heavy atom. The minimum absolute atomic E-state index is 0.601. The van der Waals surface area contributed by atoms with Gasteiger partial charge in [-0.3, -0.25) is 9.88 Å². The number of pyridine rings is 1. The number of hydrogen-bond donors (Lipinski definition) is 1. The number of rotatable bonds is 3. The summed E-state index contributed by atoms with van der Waals surface area (Å²) in [7, 11) is 0. The van der Waals surface area contributed by atoms with Gasteiger partial charge in [-0.05, 0) is 44.2 Å². The summed E-state index contributed by atoms with van der Waals surface area (Å²) in [4.78, 5) is 7.20. The van der Waals surface area contributed by atoms with Crippen molar-refractivity contribution in [2.75, 3.05) is 13.1 Å². The molecule has 2 fully saturated rings. The summed E-state index contributed by atoms with van der Waals surface area (Å²) in [6.45, 7) is 7.76. The van der Waals surface area contributed by atoms with Crippen molar-refractivity contribution in [2.24, 2.45) is 5.92 Å². The molecule has 1 saturated heterocycles. The van der Waals surface area contributed by atoms with Crippen molar-refractivity contribution in [3.05, 3.63) is 29.6 Å². The topological polar surface area (TPSA) is 28.2 Å². The molecule has 1 N–H and O–H groups in total. The van der Waals surface area contributed by atoms with Gasteiger partial charge in [0, 0.05) is 37.9 Å². The lowest BCUT2D eigenvalue weighted by Crippen LogP contribution is -2.55. The third-order valence-corrected chi connectivity index (χ3v) is 4.29. The lowest BCUT2D eigenvalue weighted by molar-refractivity contribution is 0.110. The second-order valence-electron chi connectivity index (χ2n) is 5.91. The van der Waals surface area contributed by atoms with Crippen LogP contribution in [-0.2, 0) is 6.54 Å². The third kappa shape index (κ3) is 2.57. The van der Waals surface area contributed by atoms with Crippen LogP contribution in [0.2, 0.25) is 0 Å². The van der Waals surface area contributed by atoms with E-state index in [2.05, 4.69) is 35.1 Å². The van der Waals surface area contributed by atoms with Gasteiger partial charge in [-0.15, -0.1) is 0 Å². The fraction of sp³-hybridized carbons (Fsp3) is 0.667. The van der Waals surface area contributed by atoms with E-state index in [1.807, 2.05) is 12.3 Å². The van der Waals surface area contributed by atoms with Crippen molar-refractivity contribution < 1.29 is 0 Å². The van der Waals surface area contributed by atoms with E-state index in [-0.39, 0.29) is 0 Å². The number of nitrogens with one attached hydrogen (secondary N) is 1. The highest BCUT2D eigenvalue weighted by molar-refractivity contribution is 5.18. The largest absolute Gasteiger partial charge is 0.311 e.